The summed E-state index contributed by atoms with van der Waals surface area (Å²) in [6.07, 6.45) is 13.3. The minimum atomic E-state index is -0.294. The number of aryl methyl sites for hydroxylation is 1. The number of aromatic nitrogens is 1. The Morgan fingerprint density at radius 2 is 1.53 bits per heavy atom. The summed E-state index contributed by atoms with van der Waals surface area (Å²) in [6, 6.07) is 19.9. The third-order valence-corrected chi connectivity index (χ3v) is 8.95. The van der Waals surface area contributed by atoms with Gasteiger partial charge >= 0.3 is 5.97 Å². The number of rotatable bonds is 14. The lowest BCUT2D eigenvalue weighted by Gasteiger charge is -2.34. The van der Waals surface area contributed by atoms with Gasteiger partial charge in [-0.15, -0.1) is 0 Å². The number of fused-ring (bicyclic) bond motifs is 3. The number of ketones is 1. The van der Waals surface area contributed by atoms with Crippen LogP contribution in [0.2, 0.25) is 0 Å². The van der Waals surface area contributed by atoms with Crippen molar-refractivity contribution in [1.82, 2.24) is 4.57 Å². The Kier molecular flexibility index (Phi) is 9.79. The molecule has 0 saturated carbocycles. The van der Waals surface area contributed by atoms with Crippen molar-refractivity contribution in [2.45, 2.75) is 110 Å². The lowest BCUT2D eigenvalue weighted by atomic mass is 9.88. The number of hydrogen-bond acceptors (Lipinski definition) is 4. The summed E-state index contributed by atoms with van der Waals surface area (Å²) in [4.78, 5) is 31.5. The smallest absolute Gasteiger partial charge is 0.334 e. The normalized spacial score (nSPS) is 14.9. The molecular weight excluding hydrogens is 532 g/mol. The number of nitrogens with zero attached hydrogens (tertiary/aromatic N) is 2. The van der Waals surface area contributed by atoms with E-state index in [-0.39, 0.29) is 17.3 Å². The van der Waals surface area contributed by atoms with Crippen LogP contribution in [0.3, 0.4) is 0 Å². The van der Waals surface area contributed by atoms with Crippen LogP contribution in [-0.4, -0.2) is 22.0 Å². The molecule has 4 aromatic rings. The summed E-state index contributed by atoms with van der Waals surface area (Å²) < 4.78 is 2.36. The van der Waals surface area contributed by atoms with Crippen LogP contribution in [0, 0.1) is 6.92 Å². The highest BCUT2D eigenvalue weighted by Gasteiger charge is 2.34. The zero-order valence-corrected chi connectivity index (χ0v) is 26.4. The molecule has 1 aliphatic rings. The van der Waals surface area contributed by atoms with Crippen LogP contribution in [0.4, 0.5) is 0 Å². The molecule has 0 fully saturated rings. The highest BCUT2D eigenvalue weighted by molar-refractivity contribution is 6.20. The number of oxime groups is 1. The van der Waals surface area contributed by atoms with Crippen molar-refractivity contribution in [3.63, 3.8) is 0 Å². The molecule has 5 heteroatoms. The number of para-hydroxylation sites is 1. The van der Waals surface area contributed by atoms with Crippen molar-refractivity contribution in [2.24, 2.45) is 5.16 Å². The molecule has 5 nitrogen and oxygen atoms in total. The molecule has 226 valence electrons. The highest BCUT2D eigenvalue weighted by Crippen LogP contribution is 2.42. The van der Waals surface area contributed by atoms with E-state index in [1.807, 2.05) is 49.4 Å². The van der Waals surface area contributed by atoms with E-state index < -0.39 is 0 Å². The van der Waals surface area contributed by atoms with E-state index in [9.17, 15) is 9.59 Å². The lowest BCUT2D eigenvalue weighted by molar-refractivity contribution is -0.143. The van der Waals surface area contributed by atoms with Crippen LogP contribution >= 0.6 is 0 Å². The quantitative estimate of drug-likeness (QED) is 0.0647. The average Bonchev–Trinajstić information content (AvgIpc) is 3.35. The molecular formula is C38H46N2O3. The largest absolute Gasteiger partial charge is 0.335 e. The molecule has 0 amide bonds. The molecule has 0 aliphatic carbocycles. The summed E-state index contributed by atoms with van der Waals surface area (Å²) in [5, 5.41) is 6.55. The van der Waals surface area contributed by atoms with Crippen molar-refractivity contribution < 1.29 is 14.4 Å². The fourth-order valence-electron chi connectivity index (χ4n) is 6.63. The number of benzene rings is 3. The van der Waals surface area contributed by atoms with Crippen LogP contribution in [0.1, 0.15) is 125 Å². The Bertz CT molecular complexity index is 1640. The molecule has 0 saturated heterocycles. The average molecular weight is 579 g/mol. The topological polar surface area (TPSA) is 60.7 Å². The van der Waals surface area contributed by atoms with Gasteiger partial charge in [-0.1, -0.05) is 112 Å². The van der Waals surface area contributed by atoms with E-state index in [0.717, 1.165) is 57.0 Å². The molecule has 43 heavy (non-hydrogen) atoms. The van der Waals surface area contributed by atoms with E-state index in [0.29, 0.717) is 18.4 Å². The fourth-order valence-corrected chi connectivity index (χ4v) is 6.63. The molecule has 0 bridgehead atoms. The maximum absolute atomic E-state index is 13.4. The maximum atomic E-state index is 13.4. The first-order valence-electron chi connectivity index (χ1n) is 16.3. The first kappa shape index (κ1) is 30.7. The SMILES string of the molecule is CCCCCCCCCCCCC(=O)O/N=C1\CC(C)(C)n2c3ccc(C(=O)c4ccccc4C)cc3c3cccc1c32. The molecule has 0 N–H and O–H groups in total. The second kappa shape index (κ2) is 13.7. The van der Waals surface area contributed by atoms with Gasteiger partial charge in [-0.3, -0.25) is 4.79 Å². The number of carbonyl (C=O) groups is 2. The molecule has 5 rings (SSSR count). The maximum Gasteiger partial charge on any atom is 0.335 e. The first-order valence-corrected chi connectivity index (χ1v) is 16.3. The summed E-state index contributed by atoms with van der Waals surface area (Å²) in [5.74, 6) is -0.231. The van der Waals surface area contributed by atoms with Crippen molar-refractivity contribution >= 4 is 39.3 Å². The van der Waals surface area contributed by atoms with Crippen molar-refractivity contribution in [2.75, 3.05) is 0 Å². The predicted octanol–water partition coefficient (Wildman–Crippen LogP) is 10.0. The highest BCUT2D eigenvalue weighted by atomic mass is 16.7. The number of hydrogen-bond donors (Lipinski definition) is 0. The van der Waals surface area contributed by atoms with Gasteiger partial charge in [0.1, 0.15) is 0 Å². The Hall–Kier alpha value is -3.73. The van der Waals surface area contributed by atoms with Crippen LogP contribution in [0.15, 0.2) is 65.8 Å². The van der Waals surface area contributed by atoms with Gasteiger partial charge in [-0.2, -0.15) is 0 Å². The van der Waals surface area contributed by atoms with Crippen molar-refractivity contribution in [3.8, 4) is 0 Å². The van der Waals surface area contributed by atoms with Gasteiger partial charge < -0.3 is 9.40 Å². The molecule has 0 spiro atoms. The Morgan fingerprint density at radius 3 is 2.26 bits per heavy atom. The van der Waals surface area contributed by atoms with Crippen LogP contribution in [0.25, 0.3) is 21.8 Å². The second-order valence-electron chi connectivity index (χ2n) is 12.8. The van der Waals surface area contributed by atoms with Gasteiger partial charge in [0.15, 0.2) is 5.78 Å². The minimum Gasteiger partial charge on any atom is -0.334 e. The summed E-state index contributed by atoms with van der Waals surface area (Å²) in [5.41, 5.74) is 6.01. The standard InChI is InChI=1S/C38H46N2O3/c1-5-6-7-8-9-10-11-12-13-14-22-35(41)43-39-33-26-38(3,4)40-34-24-23-28(37(42)29-19-16-15-18-27(29)2)25-32(34)30-20-17-21-31(33)36(30)40/h15-21,23-25H,5-14,22,26H2,1-4H3/b39-33+. The monoisotopic (exact) mass is 578 g/mol. The van der Waals surface area contributed by atoms with Gasteiger partial charge in [0.05, 0.1) is 11.2 Å². The van der Waals surface area contributed by atoms with Crippen LogP contribution in [-0.2, 0) is 15.2 Å². The fraction of sp³-hybridized carbons (Fsp3) is 0.447. The van der Waals surface area contributed by atoms with Crippen molar-refractivity contribution in [1.29, 1.82) is 0 Å². The Balaban J connectivity index is 1.30. The summed E-state index contributed by atoms with van der Waals surface area (Å²) >= 11 is 0. The van der Waals surface area contributed by atoms with E-state index in [4.69, 9.17) is 4.84 Å². The third kappa shape index (κ3) is 6.76. The predicted molar refractivity (Wildman–Crippen MR) is 177 cm³/mol. The number of carbonyl (C=O) groups excluding carboxylic acids is 2. The second-order valence-corrected chi connectivity index (χ2v) is 12.8. The van der Waals surface area contributed by atoms with Gasteiger partial charge in [-0.25, -0.2) is 4.79 Å². The molecule has 1 aliphatic heterocycles. The molecule has 0 radical (unpaired) electrons. The Labute approximate surface area is 256 Å². The zero-order valence-electron chi connectivity index (χ0n) is 26.4. The van der Waals surface area contributed by atoms with Gasteiger partial charge in [0.2, 0.25) is 0 Å². The molecule has 1 aromatic heterocycles. The number of unbranched alkanes of at least 4 members (excludes halogenated alkanes) is 9. The van der Waals surface area contributed by atoms with Crippen LogP contribution in [0.5, 0.6) is 0 Å². The van der Waals surface area contributed by atoms with E-state index in [1.165, 1.54) is 51.4 Å². The van der Waals surface area contributed by atoms with E-state index in [2.05, 4.69) is 48.7 Å². The summed E-state index contributed by atoms with van der Waals surface area (Å²) in [7, 11) is 0. The molecule has 2 heterocycles. The molecule has 0 unspecified atom stereocenters. The Morgan fingerprint density at radius 1 is 0.837 bits per heavy atom. The van der Waals surface area contributed by atoms with Gasteiger partial charge in [0, 0.05) is 51.4 Å². The van der Waals surface area contributed by atoms with E-state index >= 15 is 0 Å². The van der Waals surface area contributed by atoms with Gasteiger partial charge in [-0.05, 0) is 51.0 Å². The first-order chi connectivity index (χ1) is 20.8. The summed E-state index contributed by atoms with van der Waals surface area (Å²) in [6.45, 7) is 8.60. The minimum absolute atomic E-state index is 0.0303. The zero-order chi connectivity index (χ0) is 30.4. The van der Waals surface area contributed by atoms with Crippen molar-refractivity contribution in [3.05, 3.63) is 82.9 Å². The molecule has 0 atom stereocenters. The van der Waals surface area contributed by atoms with E-state index in [1.54, 1.807) is 0 Å². The van der Waals surface area contributed by atoms with Crippen LogP contribution < -0.4 is 0 Å². The van der Waals surface area contributed by atoms with Gasteiger partial charge in [0.25, 0.3) is 0 Å². The third-order valence-electron chi connectivity index (χ3n) is 8.95. The lowest BCUT2D eigenvalue weighted by Crippen LogP contribution is -2.34. The molecule has 3 aromatic carbocycles.